The number of hydrogen-bond donors (Lipinski definition) is 4. The third kappa shape index (κ3) is 5.71. The van der Waals surface area contributed by atoms with Crippen LogP contribution in [0.5, 0.6) is 0 Å². The molecule has 0 aromatic carbocycles. The molecule has 90 valence electrons. The Kier molecular flexibility index (Phi) is 6.75. The zero-order valence-electron chi connectivity index (χ0n) is 7.60. The molecule has 15 heavy (non-hydrogen) atoms. The van der Waals surface area contributed by atoms with Gasteiger partial charge in [-0.3, -0.25) is 14.3 Å². The number of likely N-dealkylation sites (N-methyl/N-ethyl adjacent to an activating group) is 1. The first-order valence-electron chi connectivity index (χ1n) is 3.36. The van der Waals surface area contributed by atoms with Crippen molar-refractivity contribution in [3.8, 4) is 0 Å². The molecule has 0 bridgehead atoms. The molecule has 0 aromatic heterocycles. The van der Waals surface area contributed by atoms with Gasteiger partial charge in [0.25, 0.3) is 0 Å². The Morgan fingerprint density at radius 3 is 1.93 bits per heavy atom. The lowest BCUT2D eigenvalue weighted by atomic mass is 10.5. The lowest BCUT2D eigenvalue weighted by Gasteiger charge is -2.23. The smallest absolute Gasteiger partial charge is 0.354 e. The van der Waals surface area contributed by atoms with Crippen LogP contribution in [0.25, 0.3) is 0 Å². The van der Waals surface area contributed by atoms with Crippen LogP contribution in [0, 0.1) is 0 Å². The van der Waals surface area contributed by atoms with Crippen LogP contribution in [-0.4, -0.2) is 56.2 Å². The third-order valence-electron chi connectivity index (χ3n) is 1.34. The minimum absolute atomic E-state index is 0. The molecule has 0 aromatic rings. The summed E-state index contributed by atoms with van der Waals surface area (Å²) in [6, 6.07) is 0. The SMILES string of the molecule is CN(CC(=O)O)C(C(=O)O)P(=O)(O)O.Cl. The van der Waals surface area contributed by atoms with E-state index in [2.05, 4.69) is 0 Å². The summed E-state index contributed by atoms with van der Waals surface area (Å²) in [4.78, 5) is 38.4. The van der Waals surface area contributed by atoms with E-state index in [1.54, 1.807) is 0 Å². The number of carboxylic acids is 2. The molecule has 0 spiro atoms. The van der Waals surface area contributed by atoms with Gasteiger partial charge < -0.3 is 20.0 Å². The summed E-state index contributed by atoms with van der Waals surface area (Å²) in [7, 11) is -3.88. The van der Waals surface area contributed by atoms with E-state index in [9.17, 15) is 14.2 Å². The van der Waals surface area contributed by atoms with E-state index in [0.29, 0.717) is 4.90 Å². The van der Waals surface area contributed by atoms with Crippen molar-refractivity contribution < 1.29 is 34.2 Å². The maximum Gasteiger partial charge on any atom is 0.354 e. The fraction of sp³-hybridized carbons (Fsp3) is 0.600. The molecule has 1 atom stereocenters. The number of carbonyl (C=O) groups is 2. The summed E-state index contributed by atoms with van der Waals surface area (Å²) >= 11 is 0. The second-order valence-electron chi connectivity index (χ2n) is 2.61. The number of carboxylic acid groups (broad SMARTS) is 2. The van der Waals surface area contributed by atoms with Crippen LogP contribution in [0.15, 0.2) is 0 Å². The van der Waals surface area contributed by atoms with Crippen molar-refractivity contribution in [2.45, 2.75) is 5.78 Å². The molecular weight excluding hydrogens is 252 g/mol. The van der Waals surface area contributed by atoms with E-state index in [4.69, 9.17) is 20.0 Å². The molecule has 0 aliphatic rings. The van der Waals surface area contributed by atoms with Crippen LogP contribution >= 0.6 is 20.0 Å². The highest BCUT2D eigenvalue weighted by atomic mass is 35.5. The van der Waals surface area contributed by atoms with Crippen molar-refractivity contribution in [1.29, 1.82) is 0 Å². The van der Waals surface area contributed by atoms with Crippen molar-refractivity contribution in [2.24, 2.45) is 0 Å². The van der Waals surface area contributed by atoms with Crippen LogP contribution in [0.1, 0.15) is 0 Å². The van der Waals surface area contributed by atoms with E-state index < -0.39 is 31.9 Å². The molecule has 0 aliphatic carbocycles. The Morgan fingerprint density at radius 2 is 1.73 bits per heavy atom. The molecule has 8 nitrogen and oxygen atoms in total. The van der Waals surface area contributed by atoms with E-state index in [0.717, 1.165) is 7.05 Å². The van der Waals surface area contributed by atoms with Crippen molar-refractivity contribution in [1.82, 2.24) is 4.90 Å². The number of halogens is 1. The summed E-state index contributed by atoms with van der Waals surface area (Å²) in [6.45, 7) is -0.762. The average Bonchev–Trinajstić information content (AvgIpc) is 1.78. The lowest BCUT2D eigenvalue weighted by molar-refractivity contribution is -0.142. The van der Waals surface area contributed by atoms with Crippen LogP contribution < -0.4 is 0 Å². The van der Waals surface area contributed by atoms with Gasteiger partial charge in [0.15, 0.2) is 0 Å². The molecule has 10 heteroatoms. The summed E-state index contributed by atoms with van der Waals surface area (Å²) < 4.78 is 10.7. The van der Waals surface area contributed by atoms with Crippen LogP contribution in [0.2, 0.25) is 0 Å². The number of aliphatic carboxylic acids is 2. The van der Waals surface area contributed by atoms with Crippen LogP contribution in [0.3, 0.4) is 0 Å². The number of rotatable bonds is 5. The Bertz CT molecular complexity index is 289. The van der Waals surface area contributed by atoms with E-state index in [1.165, 1.54) is 0 Å². The highest BCUT2D eigenvalue weighted by Gasteiger charge is 2.39. The van der Waals surface area contributed by atoms with Gasteiger partial charge in [0, 0.05) is 0 Å². The normalized spacial score (nSPS) is 13.1. The molecule has 4 N–H and O–H groups in total. The second kappa shape index (κ2) is 6.04. The van der Waals surface area contributed by atoms with Gasteiger partial charge in [-0.25, -0.2) is 4.79 Å². The quantitative estimate of drug-likeness (QED) is 0.464. The fourth-order valence-electron chi connectivity index (χ4n) is 0.889. The van der Waals surface area contributed by atoms with E-state index >= 15 is 0 Å². The van der Waals surface area contributed by atoms with Gasteiger partial charge in [-0.15, -0.1) is 12.4 Å². The molecule has 0 aliphatic heterocycles. The maximum atomic E-state index is 10.7. The Morgan fingerprint density at radius 1 is 1.33 bits per heavy atom. The molecule has 0 rings (SSSR count). The lowest BCUT2D eigenvalue weighted by Crippen LogP contribution is -2.41. The monoisotopic (exact) mass is 263 g/mol. The van der Waals surface area contributed by atoms with Gasteiger partial charge in [0.05, 0.1) is 6.54 Å². The zero-order valence-corrected chi connectivity index (χ0v) is 9.31. The van der Waals surface area contributed by atoms with Gasteiger partial charge in [-0.1, -0.05) is 0 Å². The Balaban J connectivity index is 0. The van der Waals surface area contributed by atoms with Crippen LogP contribution in [-0.2, 0) is 14.2 Å². The third-order valence-corrected chi connectivity index (χ3v) is 2.59. The molecule has 0 heterocycles. The van der Waals surface area contributed by atoms with Crippen molar-refractivity contribution >= 4 is 31.9 Å². The Labute approximate surface area is 91.1 Å². The fourth-order valence-corrected chi connectivity index (χ4v) is 1.77. The number of nitrogens with zero attached hydrogens (tertiary/aromatic N) is 1. The maximum absolute atomic E-state index is 10.7. The first-order chi connectivity index (χ1) is 6.16. The predicted octanol–water partition coefficient (Wildman–Crippen LogP) is -0.987. The molecule has 0 radical (unpaired) electrons. The summed E-state index contributed by atoms with van der Waals surface area (Å²) in [5.41, 5.74) is 0. The highest BCUT2D eigenvalue weighted by molar-refractivity contribution is 7.53. The van der Waals surface area contributed by atoms with E-state index in [-0.39, 0.29) is 12.4 Å². The second-order valence-corrected chi connectivity index (χ2v) is 4.28. The molecule has 0 fully saturated rings. The summed E-state index contributed by atoms with van der Waals surface area (Å²) in [6.07, 6.45) is 0. The first kappa shape index (κ1) is 16.8. The number of hydrogen-bond acceptors (Lipinski definition) is 4. The first-order valence-corrected chi connectivity index (χ1v) is 5.04. The highest BCUT2D eigenvalue weighted by Crippen LogP contribution is 2.42. The van der Waals surface area contributed by atoms with E-state index in [1.807, 2.05) is 0 Å². The molecule has 0 amide bonds. The minimum atomic E-state index is -4.88. The largest absolute Gasteiger partial charge is 0.480 e. The van der Waals surface area contributed by atoms with Gasteiger partial charge in [-0.05, 0) is 7.05 Å². The van der Waals surface area contributed by atoms with Gasteiger partial charge in [-0.2, -0.15) is 0 Å². The van der Waals surface area contributed by atoms with Gasteiger partial charge in [0.1, 0.15) is 0 Å². The minimum Gasteiger partial charge on any atom is -0.480 e. The van der Waals surface area contributed by atoms with Crippen molar-refractivity contribution in [2.75, 3.05) is 13.6 Å². The topological polar surface area (TPSA) is 135 Å². The predicted molar refractivity (Wildman–Crippen MR) is 51.0 cm³/mol. The summed E-state index contributed by atoms with van der Waals surface area (Å²) in [5, 5.41) is 16.8. The average molecular weight is 264 g/mol. The van der Waals surface area contributed by atoms with Gasteiger partial charge >= 0.3 is 19.5 Å². The summed E-state index contributed by atoms with van der Waals surface area (Å²) in [5.74, 6) is -5.26. The van der Waals surface area contributed by atoms with Crippen LogP contribution in [0.4, 0.5) is 0 Å². The zero-order chi connectivity index (χ0) is 11.5. The molecule has 0 saturated heterocycles. The Hall–Kier alpha value is -0.660. The van der Waals surface area contributed by atoms with Gasteiger partial charge in [0.2, 0.25) is 5.78 Å². The van der Waals surface area contributed by atoms with Crippen molar-refractivity contribution in [3.05, 3.63) is 0 Å². The van der Waals surface area contributed by atoms with Crippen molar-refractivity contribution in [3.63, 3.8) is 0 Å². The molecule has 1 unspecified atom stereocenters. The molecular formula is C5H11ClNO7P. The molecule has 0 saturated carbocycles. The standard InChI is InChI=1S/C5H10NO7P.ClH/c1-6(2-3(7)8)4(5(9)10)14(11,12)13;/h4H,2H2,1H3,(H,7,8)(H,9,10)(H2,11,12,13);1H.